The summed E-state index contributed by atoms with van der Waals surface area (Å²) < 4.78 is 23.2. The molecule has 0 radical (unpaired) electrons. The molecule has 0 unspecified atom stereocenters. The standard InChI is InChI=1S/C19H29NO6/c1-10-12(7-11-9-23-18(4,5)26-11)24-15(21)19(6)8-13-17(2,3)20(13)16(22)25-14(10)19/h10-14H,7-9H2,1-6H3/t10-,11+,12-,13+,14+,19+,20?/m1/s1. The Hall–Kier alpha value is -1.34. The average Bonchev–Trinajstić information content (AvgIpc) is 2.93. The third kappa shape index (κ3) is 2.54. The smallest absolute Gasteiger partial charge is 0.410 e. The largest absolute Gasteiger partial charge is 0.461 e. The molecular weight excluding hydrogens is 338 g/mol. The van der Waals surface area contributed by atoms with E-state index in [4.69, 9.17) is 18.9 Å². The molecule has 4 aliphatic rings. The van der Waals surface area contributed by atoms with Crippen molar-refractivity contribution >= 4 is 12.1 Å². The van der Waals surface area contributed by atoms with Gasteiger partial charge in [-0.2, -0.15) is 0 Å². The van der Waals surface area contributed by atoms with E-state index in [9.17, 15) is 9.59 Å². The van der Waals surface area contributed by atoms with Gasteiger partial charge in [0.25, 0.3) is 0 Å². The van der Waals surface area contributed by atoms with Crippen LogP contribution in [0.15, 0.2) is 0 Å². The van der Waals surface area contributed by atoms with Crippen molar-refractivity contribution in [2.45, 2.75) is 90.1 Å². The molecule has 146 valence electrons. The van der Waals surface area contributed by atoms with Gasteiger partial charge in [-0.15, -0.1) is 0 Å². The van der Waals surface area contributed by atoms with E-state index in [1.54, 1.807) is 4.90 Å². The van der Waals surface area contributed by atoms with Crippen LogP contribution < -0.4 is 0 Å². The number of fused-ring (bicyclic) bond motifs is 2. The van der Waals surface area contributed by atoms with Gasteiger partial charge in [0.15, 0.2) is 5.79 Å². The lowest BCUT2D eigenvalue weighted by molar-refractivity contribution is -0.198. The first-order chi connectivity index (χ1) is 12.0. The van der Waals surface area contributed by atoms with Gasteiger partial charge in [-0.25, -0.2) is 4.79 Å². The maximum Gasteiger partial charge on any atom is 0.410 e. The predicted molar refractivity (Wildman–Crippen MR) is 91.3 cm³/mol. The fourth-order valence-electron chi connectivity index (χ4n) is 4.95. The highest BCUT2D eigenvalue weighted by molar-refractivity contribution is 5.82. The van der Waals surface area contributed by atoms with Crippen molar-refractivity contribution in [3.8, 4) is 0 Å². The van der Waals surface area contributed by atoms with Gasteiger partial charge < -0.3 is 18.9 Å². The molecule has 1 amide bonds. The quantitative estimate of drug-likeness (QED) is 0.551. The molecule has 0 spiro atoms. The first-order valence-electron chi connectivity index (χ1n) is 9.48. The number of carbonyl (C=O) groups is 2. The van der Waals surface area contributed by atoms with Crippen LogP contribution in [-0.4, -0.2) is 59.2 Å². The average molecular weight is 367 g/mol. The van der Waals surface area contributed by atoms with Gasteiger partial charge in [0, 0.05) is 12.3 Å². The molecule has 4 saturated heterocycles. The molecule has 4 rings (SSSR count). The molecule has 0 aromatic rings. The molecular formula is C19H29NO6. The first-order valence-corrected chi connectivity index (χ1v) is 9.48. The van der Waals surface area contributed by atoms with Gasteiger partial charge in [0.2, 0.25) is 0 Å². The highest BCUT2D eigenvalue weighted by Gasteiger charge is 2.68. The van der Waals surface area contributed by atoms with E-state index >= 15 is 0 Å². The molecule has 6 atom stereocenters. The fraction of sp³-hybridized carbons (Fsp3) is 0.895. The van der Waals surface area contributed by atoms with Crippen LogP contribution in [0.4, 0.5) is 4.79 Å². The van der Waals surface area contributed by atoms with Gasteiger partial charge in [-0.05, 0) is 41.0 Å². The van der Waals surface area contributed by atoms with E-state index in [2.05, 4.69) is 0 Å². The van der Waals surface area contributed by atoms with Gasteiger partial charge >= 0.3 is 12.1 Å². The zero-order valence-corrected chi connectivity index (χ0v) is 16.4. The van der Waals surface area contributed by atoms with Crippen LogP contribution in [0, 0.1) is 11.3 Å². The van der Waals surface area contributed by atoms with Crippen LogP contribution in [0.3, 0.4) is 0 Å². The second kappa shape index (κ2) is 5.35. The van der Waals surface area contributed by atoms with Crippen molar-refractivity contribution in [3.05, 3.63) is 0 Å². The Morgan fingerprint density at radius 1 is 1.12 bits per heavy atom. The molecule has 0 N–H and O–H groups in total. The summed E-state index contributed by atoms with van der Waals surface area (Å²) >= 11 is 0. The van der Waals surface area contributed by atoms with Gasteiger partial charge in [-0.1, -0.05) is 6.92 Å². The number of hydrogen-bond donors (Lipinski definition) is 0. The Kier molecular flexibility index (Phi) is 3.71. The molecule has 0 aromatic heterocycles. The summed E-state index contributed by atoms with van der Waals surface area (Å²) in [6.07, 6.45) is -0.183. The normalized spacial score (nSPS) is 45.9. The van der Waals surface area contributed by atoms with Gasteiger partial charge in [0.1, 0.15) is 17.6 Å². The molecule has 7 heteroatoms. The molecule has 0 bridgehead atoms. The fourth-order valence-corrected chi connectivity index (χ4v) is 4.95. The Morgan fingerprint density at radius 3 is 2.42 bits per heavy atom. The molecule has 26 heavy (non-hydrogen) atoms. The van der Waals surface area contributed by atoms with Crippen molar-refractivity contribution in [1.82, 2.24) is 4.90 Å². The van der Waals surface area contributed by atoms with Crippen molar-refractivity contribution in [3.63, 3.8) is 0 Å². The number of hydrogen-bond acceptors (Lipinski definition) is 6. The summed E-state index contributed by atoms with van der Waals surface area (Å²) in [4.78, 5) is 27.2. The zero-order valence-electron chi connectivity index (χ0n) is 16.4. The van der Waals surface area contributed by atoms with E-state index in [1.165, 1.54) is 0 Å². The number of amides is 1. The molecule has 4 fully saturated rings. The lowest BCUT2D eigenvalue weighted by atomic mass is 9.70. The van der Waals surface area contributed by atoms with Crippen molar-refractivity contribution in [2.24, 2.45) is 11.3 Å². The maximum absolute atomic E-state index is 12.9. The van der Waals surface area contributed by atoms with E-state index in [-0.39, 0.29) is 41.8 Å². The third-order valence-corrected chi connectivity index (χ3v) is 6.70. The number of carbonyl (C=O) groups excluding carboxylic acids is 2. The Labute approximate surface area is 154 Å². The number of rotatable bonds is 2. The number of cyclic esters (lactones) is 1. The number of ether oxygens (including phenoxy) is 4. The molecule has 0 aromatic carbocycles. The van der Waals surface area contributed by atoms with Gasteiger partial charge in [0.05, 0.1) is 24.3 Å². The summed E-state index contributed by atoms with van der Waals surface area (Å²) in [6, 6.07) is 0.0219. The van der Waals surface area contributed by atoms with E-state index in [0.29, 0.717) is 19.4 Å². The minimum atomic E-state index is -0.814. The van der Waals surface area contributed by atoms with E-state index in [0.717, 1.165) is 0 Å². The van der Waals surface area contributed by atoms with Crippen LogP contribution in [-0.2, 0) is 23.7 Å². The number of nitrogens with zero attached hydrogens (tertiary/aromatic N) is 1. The van der Waals surface area contributed by atoms with Crippen LogP contribution in [0.25, 0.3) is 0 Å². The minimum absolute atomic E-state index is 0.0219. The second-order valence-corrected chi connectivity index (χ2v) is 9.45. The first kappa shape index (κ1) is 18.0. The van der Waals surface area contributed by atoms with Crippen LogP contribution in [0.5, 0.6) is 0 Å². The molecule has 4 heterocycles. The third-order valence-electron chi connectivity index (χ3n) is 6.70. The molecule has 0 aliphatic carbocycles. The Morgan fingerprint density at radius 2 is 1.81 bits per heavy atom. The van der Waals surface area contributed by atoms with E-state index < -0.39 is 17.3 Å². The predicted octanol–water partition coefficient (Wildman–Crippen LogP) is 2.47. The van der Waals surface area contributed by atoms with E-state index in [1.807, 2.05) is 41.5 Å². The summed E-state index contributed by atoms with van der Waals surface area (Å²) in [5.74, 6) is -0.993. The molecule has 4 aliphatic heterocycles. The van der Waals surface area contributed by atoms with Crippen molar-refractivity contribution < 1.29 is 28.5 Å². The molecule has 7 nitrogen and oxygen atoms in total. The minimum Gasteiger partial charge on any atom is -0.461 e. The van der Waals surface area contributed by atoms with Crippen LogP contribution >= 0.6 is 0 Å². The topological polar surface area (TPSA) is 74.1 Å². The SMILES string of the molecule is C[C@@H]1[C@@H](C[C@H]2COC(C)(C)O2)OC(=O)[C@@]2(C)C[C@@H]3N(C(=O)O[C@@H]12)C3(C)C. The summed E-state index contributed by atoms with van der Waals surface area (Å²) in [5.41, 5.74) is -1.07. The maximum atomic E-state index is 12.9. The van der Waals surface area contributed by atoms with Crippen molar-refractivity contribution in [1.29, 1.82) is 0 Å². The Bertz CT molecular complexity index is 646. The zero-order chi connectivity index (χ0) is 19.1. The Balaban J connectivity index is 1.53. The highest BCUT2D eigenvalue weighted by Crippen LogP contribution is 2.54. The second-order valence-electron chi connectivity index (χ2n) is 9.45. The van der Waals surface area contributed by atoms with Crippen LogP contribution in [0.2, 0.25) is 0 Å². The van der Waals surface area contributed by atoms with Crippen LogP contribution in [0.1, 0.15) is 54.4 Å². The number of esters is 1. The molecule has 0 saturated carbocycles. The van der Waals surface area contributed by atoms with Gasteiger partial charge in [-0.3, -0.25) is 9.69 Å². The summed E-state index contributed by atoms with van der Waals surface area (Å²) in [5, 5.41) is 0. The highest BCUT2D eigenvalue weighted by atomic mass is 16.7. The summed E-state index contributed by atoms with van der Waals surface area (Å²) in [7, 11) is 0. The lowest BCUT2D eigenvalue weighted by Crippen LogP contribution is -2.56. The monoisotopic (exact) mass is 367 g/mol. The lowest BCUT2D eigenvalue weighted by Gasteiger charge is -2.45. The van der Waals surface area contributed by atoms with Crippen molar-refractivity contribution in [2.75, 3.05) is 6.61 Å². The summed E-state index contributed by atoms with van der Waals surface area (Å²) in [6.45, 7) is 12.1.